The highest BCUT2D eigenvalue weighted by atomic mass is 19.3. The van der Waals surface area contributed by atoms with E-state index in [4.69, 9.17) is 0 Å². The Morgan fingerprint density at radius 3 is 2.68 bits per heavy atom. The maximum Gasteiger partial charge on any atom is 0.387 e. The van der Waals surface area contributed by atoms with Gasteiger partial charge in [-0.1, -0.05) is 12.1 Å². The second-order valence-corrected chi connectivity index (χ2v) is 5.81. The number of nitrogens with zero attached hydrogens (tertiary/aromatic N) is 2. The standard InChI is InChI=1S/C17H14F2N4O2/c18-16(19)25-12-5-1-9(2-6-12)13-14-10(7-20-15(13)24)8-21-17(23-14)22-11-3-4-11/h1-2,5-8,11,16H,3-4H2,(H,20,24)(H,21,22,23). The van der Waals surface area contributed by atoms with Crippen LogP contribution in [0.3, 0.4) is 0 Å². The van der Waals surface area contributed by atoms with Crippen LogP contribution in [0.4, 0.5) is 14.7 Å². The minimum Gasteiger partial charge on any atom is -0.435 e. The lowest BCUT2D eigenvalue weighted by Gasteiger charge is -2.09. The van der Waals surface area contributed by atoms with Gasteiger partial charge in [-0.15, -0.1) is 0 Å². The molecule has 0 spiro atoms. The fourth-order valence-electron chi connectivity index (χ4n) is 2.57. The van der Waals surface area contributed by atoms with E-state index in [2.05, 4.69) is 25.0 Å². The monoisotopic (exact) mass is 344 g/mol. The van der Waals surface area contributed by atoms with Gasteiger partial charge in [-0.05, 0) is 30.5 Å². The van der Waals surface area contributed by atoms with Gasteiger partial charge < -0.3 is 15.0 Å². The normalized spacial score (nSPS) is 14.0. The maximum absolute atomic E-state index is 12.4. The van der Waals surface area contributed by atoms with Gasteiger partial charge in [0, 0.05) is 23.8 Å². The quantitative estimate of drug-likeness (QED) is 0.743. The van der Waals surface area contributed by atoms with E-state index in [1.54, 1.807) is 24.5 Å². The number of fused-ring (bicyclic) bond motifs is 1. The first-order valence-electron chi connectivity index (χ1n) is 7.80. The van der Waals surface area contributed by atoms with E-state index < -0.39 is 6.61 Å². The third-order valence-electron chi connectivity index (χ3n) is 3.92. The summed E-state index contributed by atoms with van der Waals surface area (Å²) in [5.74, 6) is 0.501. The number of pyridine rings is 1. The van der Waals surface area contributed by atoms with E-state index in [0.717, 1.165) is 12.8 Å². The lowest BCUT2D eigenvalue weighted by atomic mass is 10.0. The second kappa shape index (κ2) is 6.12. The number of rotatable bonds is 5. The summed E-state index contributed by atoms with van der Waals surface area (Å²) in [6, 6.07) is 6.28. The van der Waals surface area contributed by atoms with Crippen molar-refractivity contribution < 1.29 is 13.5 Å². The number of aromatic nitrogens is 3. The van der Waals surface area contributed by atoms with Crippen molar-refractivity contribution in [1.29, 1.82) is 0 Å². The lowest BCUT2D eigenvalue weighted by molar-refractivity contribution is -0.0498. The number of nitrogens with one attached hydrogen (secondary N) is 2. The Morgan fingerprint density at radius 1 is 1.24 bits per heavy atom. The minimum atomic E-state index is -2.89. The molecule has 0 unspecified atom stereocenters. The summed E-state index contributed by atoms with van der Waals surface area (Å²) in [5.41, 5.74) is 1.11. The Hall–Kier alpha value is -3.03. The summed E-state index contributed by atoms with van der Waals surface area (Å²) in [5, 5.41) is 3.88. The molecule has 0 bridgehead atoms. The Bertz CT molecular complexity index is 969. The molecule has 3 aromatic rings. The first-order chi connectivity index (χ1) is 12.1. The van der Waals surface area contributed by atoms with Crippen LogP contribution in [0.25, 0.3) is 22.0 Å². The highest BCUT2D eigenvalue weighted by Crippen LogP contribution is 2.28. The summed E-state index contributed by atoms with van der Waals surface area (Å²) in [4.78, 5) is 23.7. The maximum atomic E-state index is 12.4. The number of ether oxygens (including phenoxy) is 1. The van der Waals surface area contributed by atoms with E-state index in [-0.39, 0.29) is 11.3 Å². The molecule has 0 radical (unpaired) electrons. The van der Waals surface area contributed by atoms with Gasteiger partial charge in [0.1, 0.15) is 5.75 Å². The highest BCUT2D eigenvalue weighted by molar-refractivity contribution is 5.92. The molecular weight excluding hydrogens is 330 g/mol. The molecule has 2 heterocycles. The van der Waals surface area contributed by atoms with Crippen LogP contribution in [0.5, 0.6) is 5.75 Å². The molecule has 6 nitrogen and oxygen atoms in total. The van der Waals surface area contributed by atoms with Crippen molar-refractivity contribution in [2.75, 3.05) is 5.32 Å². The summed E-state index contributed by atoms with van der Waals surface area (Å²) in [6.45, 7) is -2.89. The van der Waals surface area contributed by atoms with Gasteiger partial charge in [0.05, 0.1) is 11.1 Å². The largest absolute Gasteiger partial charge is 0.435 e. The molecule has 0 amide bonds. The van der Waals surface area contributed by atoms with Crippen LogP contribution in [-0.2, 0) is 0 Å². The van der Waals surface area contributed by atoms with Crippen molar-refractivity contribution in [3.8, 4) is 16.9 Å². The van der Waals surface area contributed by atoms with Crippen LogP contribution < -0.4 is 15.6 Å². The number of hydrogen-bond donors (Lipinski definition) is 2. The van der Waals surface area contributed by atoms with Crippen LogP contribution in [0.1, 0.15) is 12.8 Å². The molecule has 0 atom stereocenters. The molecule has 0 saturated heterocycles. The SMILES string of the molecule is O=c1[nH]cc2cnc(NC3CC3)nc2c1-c1ccc(OC(F)F)cc1. The molecule has 0 aliphatic heterocycles. The Labute approximate surface area is 140 Å². The number of aromatic amines is 1. The third-order valence-corrected chi connectivity index (χ3v) is 3.92. The van der Waals surface area contributed by atoms with Gasteiger partial charge in [-0.2, -0.15) is 8.78 Å². The van der Waals surface area contributed by atoms with Crippen molar-refractivity contribution in [3.05, 3.63) is 47.0 Å². The highest BCUT2D eigenvalue weighted by Gasteiger charge is 2.22. The van der Waals surface area contributed by atoms with E-state index in [9.17, 15) is 13.6 Å². The summed E-state index contributed by atoms with van der Waals surface area (Å²) in [7, 11) is 0. The zero-order chi connectivity index (χ0) is 17.4. The van der Waals surface area contributed by atoms with Crippen LogP contribution in [-0.4, -0.2) is 27.6 Å². The molecule has 2 N–H and O–H groups in total. The smallest absolute Gasteiger partial charge is 0.387 e. The zero-order valence-corrected chi connectivity index (χ0v) is 13.0. The van der Waals surface area contributed by atoms with E-state index in [1.807, 2.05) is 0 Å². The molecule has 1 aliphatic carbocycles. The summed E-state index contributed by atoms with van der Waals surface area (Å²) in [6.07, 6.45) is 5.35. The number of alkyl halides is 2. The van der Waals surface area contributed by atoms with Gasteiger partial charge in [0.15, 0.2) is 0 Å². The first-order valence-corrected chi connectivity index (χ1v) is 7.80. The fourth-order valence-corrected chi connectivity index (χ4v) is 2.57. The van der Waals surface area contributed by atoms with Crippen molar-refractivity contribution in [3.63, 3.8) is 0 Å². The fraction of sp³-hybridized carbons (Fsp3) is 0.235. The van der Waals surface area contributed by atoms with Crippen LogP contribution in [0, 0.1) is 0 Å². The first kappa shape index (κ1) is 15.5. The van der Waals surface area contributed by atoms with Gasteiger partial charge >= 0.3 is 6.61 Å². The van der Waals surface area contributed by atoms with Crippen molar-refractivity contribution in [2.24, 2.45) is 0 Å². The predicted molar refractivity (Wildman–Crippen MR) is 88.9 cm³/mol. The van der Waals surface area contributed by atoms with Gasteiger partial charge in [0.2, 0.25) is 5.95 Å². The van der Waals surface area contributed by atoms with E-state index in [1.165, 1.54) is 12.1 Å². The Morgan fingerprint density at radius 2 is 2.00 bits per heavy atom. The average Bonchev–Trinajstić information content (AvgIpc) is 3.39. The second-order valence-electron chi connectivity index (χ2n) is 5.81. The lowest BCUT2D eigenvalue weighted by Crippen LogP contribution is -2.11. The van der Waals surface area contributed by atoms with Gasteiger partial charge in [-0.3, -0.25) is 4.79 Å². The topological polar surface area (TPSA) is 79.9 Å². The molecular formula is C17H14F2N4O2. The predicted octanol–water partition coefficient (Wildman–Crippen LogP) is 3.16. The molecule has 1 saturated carbocycles. The summed E-state index contributed by atoms with van der Waals surface area (Å²) >= 11 is 0. The van der Waals surface area contributed by atoms with E-state index in [0.29, 0.717) is 34.0 Å². The number of anilines is 1. The van der Waals surface area contributed by atoms with Crippen LogP contribution in [0.2, 0.25) is 0 Å². The molecule has 8 heteroatoms. The van der Waals surface area contributed by atoms with Crippen molar-refractivity contribution >= 4 is 16.9 Å². The van der Waals surface area contributed by atoms with Gasteiger partial charge in [-0.25, -0.2) is 9.97 Å². The molecule has 2 aromatic heterocycles. The Kier molecular flexibility index (Phi) is 3.79. The number of benzene rings is 1. The molecule has 1 aromatic carbocycles. The van der Waals surface area contributed by atoms with Gasteiger partial charge in [0.25, 0.3) is 5.56 Å². The Balaban J connectivity index is 1.78. The molecule has 128 valence electrons. The number of hydrogen-bond acceptors (Lipinski definition) is 5. The average molecular weight is 344 g/mol. The van der Waals surface area contributed by atoms with Crippen LogP contribution >= 0.6 is 0 Å². The molecule has 1 fully saturated rings. The zero-order valence-electron chi connectivity index (χ0n) is 13.0. The number of H-pyrrole nitrogens is 1. The molecule has 4 rings (SSSR count). The summed E-state index contributed by atoms with van der Waals surface area (Å²) < 4.78 is 28.9. The molecule has 25 heavy (non-hydrogen) atoms. The van der Waals surface area contributed by atoms with E-state index >= 15 is 0 Å². The third kappa shape index (κ3) is 3.28. The molecule has 1 aliphatic rings. The van der Waals surface area contributed by atoms with Crippen LogP contribution in [0.15, 0.2) is 41.5 Å². The number of halogens is 2. The minimum absolute atomic E-state index is 0.0288. The van der Waals surface area contributed by atoms with Crippen molar-refractivity contribution in [1.82, 2.24) is 15.0 Å². The van der Waals surface area contributed by atoms with Crippen molar-refractivity contribution in [2.45, 2.75) is 25.5 Å².